The Hall–Kier alpha value is -1.09. The van der Waals surface area contributed by atoms with Crippen LogP contribution in [0.5, 0.6) is 0 Å². The van der Waals surface area contributed by atoms with E-state index in [-0.39, 0.29) is 0 Å². The maximum Gasteiger partial charge on any atom is 0.130 e. The smallest absolute Gasteiger partial charge is 0.130 e. The van der Waals surface area contributed by atoms with Gasteiger partial charge in [0.1, 0.15) is 5.82 Å². The van der Waals surface area contributed by atoms with Crippen LogP contribution < -0.4 is 10.6 Å². The molecule has 82 valence electrons. The van der Waals surface area contributed by atoms with Gasteiger partial charge >= 0.3 is 0 Å². The van der Waals surface area contributed by atoms with E-state index in [1.807, 2.05) is 12.3 Å². The van der Waals surface area contributed by atoms with Crippen LogP contribution in [0, 0.1) is 0 Å². The van der Waals surface area contributed by atoms with E-state index in [1.165, 1.54) is 18.4 Å². The number of rotatable bonds is 5. The highest BCUT2D eigenvalue weighted by Gasteiger charge is 2.22. The SMILES string of the molecule is CC(C)NCc1cccnc1NC1CC1. The zero-order valence-electron chi connectivity index (χ0n) is 9.46. The summed E-state index contributed by atoms with van der Waals surface area (Å²) < 4.78 is 0. The van der Waals surface area contributed by atoms with Crippen molar-refractivity contribution in [3.05, 3.63) is 23.9 Å². The Balaban J connectivity index is 1.99. The third kappa shape index (κ3) is 3.20. The summed E-state index contributed by atoms with van der Waals surface area (Å²) in [5.74, 6) is 1.05. The Bertz CT molecular complexity index is 318. The molecule has 1 aliphatic rings. The fraction of sp³-hybridized carbons (Fsp3) is 0.583. The lowest BCUT2D eigenvalue weighted by atomic mass is 10.2. The molecule has 2 N–H and O–H groups in total. The van der Waals surface area contributed by atoms with E-state index in [4.69, 9.17) is 0 Å². The number of aromatic nitrogens is 1. The maximum atomic E-state index is 4.39. The van der Waals surface area contributed by atoms with Crippen LogP contribution in [0.1, 0.15) is 32.3 Å². The summed E-state index contributed by atoms with van der Waals surface area (Å²) >= 11 is 0. The summed E-state index contributed by atoms with van der Waals surface area (Å²) in [6, 6.07) is 5.30. The molecule has 3 nitrogen and oxygen atoms in total. The molecule has 15 heavy (non-hydrogen) atoms. The Morgan fingerprint density at radius 1 is 1.47 bits per heavy atom. The molecule has 0 aromatic carbocycles. The van der Waals surface area contributed by atoms with Crippen molar-refractivity contribution in [1.29, 1.82) is 0 Å². The first-order valence-corrected chi connectivity index (χ1v) is 5.69. The topological polar surface area (TPSA) is 37.0 Å². The number of nitrogens with one attached hydrogen (secondary N) is 2. The average molecular weight is 205 g/mol. The minimum atomic E-state index is 0.513. The molecule has 1 aromatic heterocycles. The van der Waals surface area contributed by atoms with Gasteiger partial charge in [0.05, 0.1) is 0 Å². The average Bonchev–Trinajstić information content (AvgIpc) is 3.00. The van der Waals surface area contributed by atoms with Gasteiger partial charge in [0.25, 0.3) is 0 Å². The van der Waals surface area contributed by atoms with Crippen LogP contribution in [0.2, 0.25) is 0 Å². The Morgan fingerprint density at radius 3 is 2.93 bits per heavy atom. The van der Waals surface area contributed by atoms with Crippen molar-refractivity contribution < 1.29 is 0 Å². The lowest BCUT2D eigenvalue weighted by molar-refractivity contribution is 0.588. The van der Waals surface area contributed by atoms with Crippen LogP contribution in [0.15, 0.2) is 18.3 Å². The van der Waals surface area contributed by atoms with Gasteiger partial charge in [-0.05, 0) is 18.9 Å². The highest BCUT2D eigenvalue weighted by Crippen LogP contribution is 2.25. The van der Waals surface area contributed by atoms with E-state index in [9.17, 15) is 0 Å². The van der Waals surface area contributed by atoms with Gasteiger partial charge in [0, 0.05) is 30.4 Å². The number of nitrogens with zero attached hydrogens (tertiary/aromatic N) is 1. The van der Waals surface area contributed by atoms with Crippen LogP contribution >= 0.6 is 0 Å². The van der Waals surface area contributed by atoms with Crippen molar-refractivity contribution in [3.8, 4) is 0 Å². The van der Waals surface area contributed by atoms with E-state index < -0.39 is 0 Å². The second-order valence-electron chi connectivity index (χ2n) is 4.47. The van der Waals surface area contributed by atoms with Crippen molar-refractivity contribution in [2.24, 2.45) is 0 Å². The van der Waals surface area contributed by atoms with Crippen molar-refractivity contribution in [1.82, 2.24) is 10.3 Å². The summed E-state index contributed by atoms with van der Waals surface area (Å²) in [4.78, 5) is 4.39. The van der Waals surface area contributed by atoms with E-state index in [0.29, 0.717) is 12.1 Å². The normalized spacial score (nSPS) is 15.7. The molecule has 1 saturated carbocycles. The highest BCUT2D eigenvalue weighted by molar-refractivity contribution is 5.45. The fourth-order valence-electron chi connectivity index (χ4n) is 1.45. The highest BCUT2D eigenvalue weighted by atomic mass is 15.0. The molecule has 0 aliphatic heterocycles. The fourth-order valence-corrected chi connectivity index (χ4v) is 1.45. The van der Waals surface area contributed by atoms with Crippen molar-refractivity contribution in [3.63, 3.8) is 0 Å². The number of anilines is 1. The maximum absolute atomic E-state index is 4.39. The molecule has 0 unspecified atom stereocenters. The third-order valence-corrected chi connectivity index (χ3v) is 2.51. The second-order valence-corrected chi connectivity index (χ2v) is 4.47. The molecule has 1 heterocycles. The predicted molar refractivity (Wildman–Crippen MR) is 62.9 cm³/mol. The quantitative estimate of drug-likeness (QED) is 0.773. The van der Waals surface area contributed by atoms with Gasteiger partial charge in [0.15, 0.2) is 0 Å². The van der Waals surface area contributed by atoms with Crippen LogP contribution in [0.3, 0.4) is 0 Å². The molecule has 1 fully saturated rings. The van der Waals surface area contributed by atoms with E-state index >= 15 is 0 Å². The second kappa shape index (κ2) is 4.62. The molecular weight excluding hydrogens is 186 g/mol. The van der Waals surface area contributed by atoms with Gasteiger partial charge in [-0.1, -0.05) is 19.9 Å². The van der Waals surface area contributed by atoms with Crippen LogP contribution in [-0.2, 0) is 6.54 Å². The minimum Gasteiger partial charge on any atom is -0.367 e. The van der Waals surface area contributed by atoms with Crippen LogP contribution in [-0.4, -0.2) is 17.1 Å². The van der Waals surface area contributed by atoms with E-state index in [2.05, 4.69) is 35.5 Å². The molecule has 0 radical (unpaired) electrons. The van der Waals surface area contributed by atoms with Crippen molar-refractivity contribution >= 4 is 5.82 Å². The first-order chi connectivity index (χ1) is 7.25. The Labute approximate surface area is 91.3 Å². The number of hydrogen-bond donors (Lipinski definition) is 2. The number of pyridine rings is 1. The van der Waals surface area contributed by atoms with Gasteiger partial charge in [0.2, 0.25) is 0 Å². The van der Waals surface area contributed by atoms with Gasteiger partial charge in [-0.25, -0.2) is 4.98 Å². The van der Waals surface area contributed by atoms with E-state index in [1.54, 1.807) is 0 Å². The first kappa shape index (κ1) is 10.4. The number of hydrogen-bond acceptors (Lipinski definition) is 3. The molecular formula is C12H19N3. The minimum absolute atomic E-state index is 0.513. The molecule has 0 bridgehead atoms. The first-order valence-electron chi connectivity index (χ1n) is 5.69. The molecule has 0 atom stereocenters. The zero-order valence-corrected chi connectivity index (χ0v) is 9.46. The molecule has 1 aliphatic carbocycles. The molecule has 1 aromatic rings. The summed E-state index contributed by atoms with van der Waals surface area (Å²) in [7, 11) is 0. The standard InChI is InChI=1S/C12H19N3/c1-9(2)14-8-10-4-3-7-13-12(10)15-11-5-6-11/h3-4,7,9,11,14H,5-6,8H2,1-2H3,(H,13,15). The largest absolute Gasteiger partial charge is 0.367 e. The Morgan fingerprint density at radius 2 is 2.27 bits per heavy atom. The van der Waals surface area contributed by atoms with Gasteiger partial charge in [-0.15, -0.1) is 0 Å². The molecule has 2 rings (SSSR count). The van der Waals surface area contributed by atoms with Crippen molar-refractivity contribution in [2.75, 3.05) is 5.32 Å². The van der Waals surface area contributed by atoms with Crippen molar-refractivity contribution in [2.45, 2.75) is 45.3 Å². The summed E-state index contributed by atoms with van der Waals surface area (Å²) in [5.41, 5.74) is 1.26. The van der Waals surface area contributed by atoms with E-state index in [0.717, 1.165) is 12.4 Å². The third-order valence-electron chi connectivity index (χ3n) is 2.51. The molecule has 3 heteroatoms. The lowest BCUT2D eigenvalue weighted by Gasteiger charge is -2.12. The zero-order chi connectivity index (χ0) is 10.7. The Kier molecular flexibility index (Phi) is 3.21. The summed E-state index contributed by atoms with van der Waals surface area (Å²) in [6.45, 7) is 5.20. The van der Waals surface area contributed by atoms with Gasteiger partial charge < -0.3 is 10.6 Å². The van der Waals surface area contributed by atoms with Crippen LogP contribution in [0.4, 0.5) is 5.82 Å². The van der Waals surface area contributed by atoms with Gasteiger partial charge in [-0.2, -0.15) is 0 Å². The molecule has 0 saturated heterocycles. The molecule has 0 amide bonds. The van der Waals surface area contributed by atoms with Gasteiger partial charge in [-0.3, -0.25) is 0 Å². The summed E-state index contributed by atoms with van der Waals surface area (Å²) in [6.07, 6.45) is 4.42. The van der Waals surface area contributed by atoms with Crippen LogP contribution in [0.25, 0.3) is 0 Å². The monoisotopic (exact) mass is 205 g/mol. The molecule has 0 spiro atoms. The summed E-state index contributed by atoms with van der Waals surface area (Å²) in [5, 5.41) is 6.87. The predicted octanol–water partition coefficient (Wildman–Crippen LogP) is 2.15. The lowest BCUT2D eigenvalue weighted by Crippen LogP contribution is -2.22.